The summed E-state index contributed by atoms with van der Waals surface area (Å²) in [6, 6.07) is 10.3. The van der Waals surface area contributed by atoms with Gasteiger partial charge >= 0.3 is 0 Å². The summed E-state index contributed by atoms with van der Waals surface area (Å²) in [5.41, 5.74) is 8.67. The number of nitrogens with zero attached hydrogens (tertiary/aromatic N) is 10. The lowest BCUT2D eigenvalue weighted by atomic mass is 9.92. The van der Waals surface area contributed by atoms with E-state index in [-0.39, 0.29) is 42.0 Å². The fourth-order valence-electron chi connectivity index (χ4n) is 12.8. The molecule has 0 bridgehead atoms. The van der Waals surface area contributed by atoms with E-state index in [4.69, 9.17) is 9.84 Å². The maximum absolute atomic E-state index is 15.6. The summed E-state index contributed by atoms with van der Waals surface area (Å²) in [6.45, 7) is 10.9. The number of nitrogens with one attached hydrogen (secondary N) is 1. The van der Waals surface area contributed by atoms with Crippen LogP contribution in [0.4, 0.5) is 26.0 Å². The quantitative estimate of drug-likeness (QED) is 0.153. The van der Waals surface area contributed by atoms with Crippen LogP contribution >= 0.6 is 0 Å². The SMILES string of the molecule is CC(=O)N1CCc2c(c(N3CCCc4cc(-c5cn(C6CCN(CC7CCN(c8ccc9c(c8)C(=O)N(C8CCC(=O)NC8=O)C9=O)CC7)CC6)c6cc(C)nnc56)c(C(F)F)cc43)nn2C2CCOCC2)C1. The van der Waals surface area contributed by atoms with Crippen LogP contribution in [0, 0.1) is 12.8 Å². The summed E-state index contributed by atoms with van der Waals surface area (Å²) >= 11 is 0. The van der Waals surface area contributed by atoms with Gasteiger partial charge in [-0.25, -0.2) is 8.78 Å². The van der Waals surface area contributed by atoms with Gasteiger partial charge in [0.15, 0.2) is 5.82 Å². The predicted molar refractivity (Wildman–Crippen MR) is 267 cm³/mol. The molecular formula is C54H61F2N11O6. The van der Waals surface area contributed by atoms with E-state index >= 15 is 8.78 Å². The Morgan fingerprint density at radius 1 is 0.808 bits per heavy atom. The number of carbonyl (C=O) groups is 5. The Kier molecular flexibility index (Phi) is 12.4. The van der Waals surface area contributed by atoms with E-state index in [9.17, 15) is 24.0 Å². The molecule has 4 saturated heterocycles. The summed E-state index contributed by atoms with van der Waals surface area (Å²) < 4.78 is 41.3. The topological polar surface area (TPSA) is 171 Å². The van der Waals surface area contributed by atoms with Crippen molar-refractivity contribution < 1.29 is 37.5 Å². The van der Waals surface area contributed by atoms with Crippen LogP contribution < -0.4 is 15.1 Å². The maximum atomic E-state index is 15.6. The van der Waals surface area contributed by atoms with Crippen LogP contribution in [0.1, 0.15) is 132 Å². The minimum absolute atomic E-state index is 0.00992. The Morgan fingerprint density at radius 2 is 1.59 bits per heavy atom. The molecule has 1 N–H and O–H groups in total. The number of imide groups is 2. The molecule has 2 aromatic carbocycles. The van der Waals surface area contributed by atoms with Crippen LogP contribution in [0.25, 0.3) is 22.2 Å². The fourth-order valence-corrected chi connectivity index (χ4v) is 12.8. The first kappa shape index (κ1) is 47.4. The lowest BCUT2D eigenvalue weighted by Crippen LogP contribution is -2.54. The summed E-state index contributed by atoms with van der Waals surface area (Å²) in [5.74, 6) is -0.774. The van der Waals surface area contributed by atoms with Crippen molar-refractivity contribution in [2.75, 3.05) is 68.8 Å². The van der Waals surface area contributed by atoms with Crippen molar-refractivity contribution in [3.63, 3.8) is 0 Å². The van der Waals surface area contributed by atoms with Crippen LogP contribution in [-0.4, -0.2) is 134 Å². The summed E-state index contributed by atoms with van der Waals surface area (Å²) in [7, 11) is 0. The highest BCUT2D eigenvalue weighted by molar-refractivity contribution is 6.23. The van der Waals surface area contributed by atoms with Gasteiger partial charge in [-0.3, -0.25) is 38.9 Å². The Hall–Kier alpha value is -6.60. The van der Waals surface area contributed by atoms with Crippen molar-refractivity contribution in [1.82, 2.24) is 44.6 Å². The molecule has 73 heavy (non-hydrogen) atoms. The third-order valence-electron chi connectivity index (χ3n) is 16.8. The van der Waals surface area contributed by atoms with E-state index in [1.807, 2.05) is 36.2 Å². The van der Waals surface area contributed by atoms with Gasteiger partial charge < -0.3 is 28.9 Å². The molecule has 1 unspecified atom stereocenters. The highest BCUT2D eigenvalue weighted by atomic mass is 19.3. The lowest BCUT2D eigenvalue weighted by Gasteiger charge is -2.38. The van der Waals surface area contributed by atoms with Crippen molar-refractivity contribution in [1.29, 1.82) is 0 Å². The standard InChI is InChI=1S/C54H61F2N11O6/c1-31-24-47-49(59-58-31)42(39-25-34-4-3-16-64(46(34)27-40(39)50(55)56)51-43-29-63(32(2)68)21-13-44(43)67(60-51)36-14-22-73-23-15-36)30-65(47)35-11-17-61(18-12-35)28-33-9-19-62(20-10-33)37-5-6-38-41(26-37)54(72)66(53(38)71)45-7-8-48(69)57-52(45)70/h5-6,24-27,30,33,35-36,45,50H,3-4,7-23,28-29H2,1-2H3,(H,57,69,70). The number of hydrogen-bond acceptors (Lipinski definition) is 12. The van der Waals surface area contributed by atoms with Crippen LogP contribution in [0.2, 0.25) is 0 Å². The zero-order valence-corrected chi connectivity index (χ0v) is 41.5. The number of fused-ring (bicyclic) bond motifs is 4. The van der Waals surface area contributed by atoms with Crippen LogP contribution in [-0.2, 0) is 38.5 Å². The number of aromatic nitrogens is 5. The first-order chi connectivity index (χ1) is 35.4. The van der Waals surface area contributed by atoms with E-state index in [1.54, 1.807) is 25.1 Å². The molecule has 19 heteroatoms. The van der Waals surface area contributed by atoms with Crippen LogP contribution in [0.3, 0.4) is 0 Å². The van der Waals surface area contributed by atoms with E-state index in [0.29, 0.717) is 67.4 Å². The van der Waals surface area contributed by atoms with E-state index in [0.717, 1.165) is 134 Å². The number of carbonyl (C=O) groups excluding carboxylic acids is 5. The minimum atomic E-state index is -2.75. The van der Waals surface area contributed by atoms with E-state index in [1.165, 1.54) is 0 Å². The molecular weight excluding hydrogens is 937 g/mol. The Bertz CT molecular complexity index is 3060. The smallest absolute Gasteiger partial charge is 0.264 e. The van der Waals surface area contributed by atoms with Crippen LogP contribution in [0.15, 0.2) is 42.6 Å². The van der Waals surface area contributed by atoms with Gasteiger partial charge in [0, 0.05) is 125 Å². The molecule has 0 radical (unpaired) electrons. The number of aryl methyl sites for hydroxylation is 2. The molecule has 7 aliphatic heterocycles. The van der Waals surface area contributed by atoms with Gasteiger partial charge in [0.1, 0.15) is 11.6 Å². The fraction of sp³-hybridized carbons (Fsp3) is 0.519. The summed E-state index contributed by atoms with van der Waals surface area (Å²) in [4.78, 5) is 73.5. The van der Waals surface area contributed by atoms with Crippen LogP contribution in [0.5, 0.6) is 0 Å². The van der Waals surface area contributed by atoms with Crippen molar-refractivity contribution >= 4 is 57.8 Å². The number of alkyl halides is 2. The van der Waals surface area contributed by atoms with Gasteiger partial charge in [-0.1, -0.05) is 0 Å². The number of hydrogen-bond donors (Lipinski definition) is 1. The number of piperidine rings is 3. The molecule has 0 aliphatic carbocycles. The Balaban J connectivity index is 0.744. The average Bonchev–Trinajstić information content (AvgIpc) is 4.05. The summed E-state index contributed by atoms with van der Waals surface area (Å²) in [5, 5.41) is 16.7. The number of ether oxygens (including phenoxy) is 1. The van der Waals surface area contributed by atoms with Gasteiger partial charge in [0.05, 0.1) is 34.9 Å². The molecule has 4 fully saturated rings. The second kappa shape index (κ2) is 19.0. The minimum Gasteiger partial charge on any atom is -0.381 e. The normalized spacial score (nSPS) is 21.6. The highest BCUT2D eigenvalue weighted by Gasteiger charge is 2.45. The predicted octanol–water partition coefficient (Wildman–Crippen LogP) is 6.84. The van der Waals surface area contributed by atoms with Gasteiger partial charge in [-0.05, 0) is 118 Å². The zero-order valence-electron chi connectivity index (χ0n) is 41.5. The number of likely N-dealkylation sites (tertiary alicyclic amines) is 1. The lowest BCUT2D eigenvalue weighted by molar-refractivity contribution is -0.136. The van der Waals surface area contributed by atoms with E-state index in [2.05, 4.69) is 39.5 Å². The Morgan fingerprint density at radius 3 is 2.34 bits per heavy atom. The number of halogens is 2. The maximum Gasteiger partial charge on any atom is 0.264 e. The second-order valence-electron chi connectivity index (χ2n) is 21.2. The molecule has 12 rings (SSSR count). The largest absolute Gasteiger partial charge is 0.381 e. The number of benzene rings is 2. The number of anilines is 3. The number of rotatable bonds is 9. The third-order valence-corrected chi connectivity index (χ3v) is 16.8. The molecule has 382 valence electrons. The molecule has 3 aromatic heterocycles. The van der Waals surface area contributed by atoms with Crippen molar-refractivity contribution in [2.24, 2.45) is 5.92 Å². The molecule has 5 aromatic rings. The first-order valence-corrected chi connectivity index (χ1v) is 26.2. The number of amides is 5. The molecule has 1 atom stereocenters. The average molecular weight is 998 g/mol. The van der Waals surface area contributed by atoms with Gasteiger partial charge in [-0.15, -0.1) is 5.10 Å². The first-order valence-electron chi connectivity index (χ1n) is 26.2. The third kappa shape index (κ3) is 8.54. The molecule has 5 amide bonds. The van der Waals surface area contributed by atoms with E-state index < -0.39 is 36.1 Å². The van der Waals surface area contributed by atoms with Crippen molar-refractivity contribution in [3.05, 3.63) is 81.8 Å². The Labute approximate surface area is 421 Å². The van der Waals surface area contributed by atoms with Gasteiger partial charge in [0.25, 0.3) is 18.2 Å². The molecule has 0 spiro atoms. The second-order valence-corrected chi connectivity index (χ2v) is 21.2. The molecule has 0 saturated carbocycles. The highest BCUT2D eigenvalue weighted by Crippen LogP contribution is 2.46. The molecule has 10 heterocycles. The monoisotopic (exact) mass is 997 g/mol. The molecule has 7 aliphatic rings. The van der Waals surface area contributed by atoms with Crippen molar-refractivity contribution in [2.45, 2.75) is 116 Å². The zero-order chi connectivity index (χ0) is 50.2. The van der Waals surface area contributed by atoms with Gasteiger partial charge in [0.2, 0.25) is 17.7 Å². The molecule has 17 nitrogen and oxygen atoms in total. The van der Waals surface area contributed by atoms with Gasteiger partial charge in [-0.2, -0.15) is 10.2 Å². The summed E-state index contributed by atoms with van der Waals surface area (Å²) in [6.07, 6.45) is 7.17. The van der Waals surface area contributed by atoms with Crippen molar-refractivity contribution in [3.8, 4) is 11.1 Å².